The van der Waals surface area contributed by atoms with Crippen molar-refractivity contribution in [1.29, 1.82) is 0 Å². The Morgan fingerprint density at radius 1 is 1.15 bits per heavy atom. The summed E-state index contributed by atoms with van der Waals surface area (Å²) in [5, 5.41) is 2.89. The molecule has 0 atom stereocenters. The molecule has 0 aliphatic carbocycles. The smallest absolute Gasteiger partial charge is 0.238 e. The van der Waals surface area contributed by atoms with Gasteiger partial charge in [0.15, 0.2) is 0 Å². The van der Waals surface area contributed by atoms with Crippen molar-refractivity contribution >= 4 is 21.9 Å². The number of hydrogen-bond donors (Lipinski definition) is 1. The second kappa shape index (κ2) is 5.79. The number of nitrogens with zero attached hydrogens (tertiary/aromatic N) is 2. The van der Waals surface area contributed by atoms with Crippen molar-refractivity contribution in [3.63, 3.8) is 0 Å². The Bertz CT molecular complexity index is 591. The van der Waals surface area contributed by atoms with Crippen LogP contribution in [-0.4, -0.2) is 17.0 Å². The van der Waals surface area contributed by atoms with Gasteiger partial charge in [0.1, 0.15) is 5.75 Å². The van der Waals surface area contributed by atoms with Crippen LogP contribution in [0, 0.1) is 0 Å². The van der Waals surface area contributed by atoms with E-state index in [2.05, 4.69) is 64.1 Å². The van der Waals surface area contributed by atoms with Gasteiger partial charge >= 0.3 is 0 Å². The number of hydrogen-bond acceptors (Lipinski definition) is 4. The van der Waals surface area contributed by atoms with Gasteiger partial charge in [-0.1, -0.05) is 32.9 Å². The molecule has 106 valence electrons. The standard InChI is InChI=1S/C15H18BrN3O/c1-15(2,3)10-5-7-11(8-6-10)20-13-12(16)9-18-14(17-4)19-13/h5-9H,1-4H3,(H,17,18,19). The minimum Gasteiger partial charge on any atom is -0.438 e. The minimum atomic E-state index is 0.132. The zero-order chi connectivity index (χ0) is 14.8. The highest BCUT2D eigenvalue weighted by molar-refractivity contribution is 9.10. The number of nitrogens with one attached hydrogen (secondary N) is 1. The number of aromatic nitrogens is 2. The largest absolute Gasteiger partial charge is 0.438 e. The van der Waals surface area contributed by atoms with Crippen LogP contribution in [0.1, 0.15) is 26.3 Å². The molecule has 0 aliphatic heterocycles. The summed E-state index contributed by atoms with van der Waals surface area (Å²) in [4.78, 5) is 8.36. The lowest BCUT2D eigenvalue weighted by Crippen LogP contribution is -2.10. The monoisotopic (exact) mass is 335 g/mol. The van der Waals surface area contributed by atoms with Gasteiger partial charge in [0.05, 0.1) is 10.7 Å². The molecule has 0 unspecified atom stereocenters. The van der Waals surface area contributed by atoms with Crippen LogP contribution in [0.25, 0.3) is 0 Å². The predicted molar refractivity (Wildman–Crippen MR) is 84.5 cm³/mol. The second-order valence-corrected chi connectivity index (χ2v) is 6.33. The van der Waals surface area contributed by atoms with Gasteiger partial charge in [-0.2, -0.15) is 4.98 Å². The molecule has 0 spiro atoms. The van der Waals surface area contributed by atoms with E-state index < -0.39 is 0 Å². The maximum absolute atomic E-state index is 5.78. The van der Waals surface area contributed by atoms with E-state index in [4.69, 9.17) is 4.74 Å². The molecule has 1 aromatic carbocycles. The molecule has 0 saturated carbocycles. The molecular formula is C15H18BrN3O. The van der Waals surface area contributed by atoms with E-state index in [1.807, 2.05) is 12.1 Å². The highest BCUT2D eigenvalue weighted by Gasteiger charge is 2.13. The second-order valence-electron chi connectivity index (χ2n) is 5.47. The summed E-state index contributed by atoms with van der Waals surface area (Å²) in [6, 6.07) is 8.05. The van der Waals surface area contributed by atoms with Crippen LogP contribution in [-0.2, 0) is 5.41 Å². The summed E-state index contributed by atoms with van der Waals surface area (Å²) >= 11 is 3.39. The van der Waals surface area contributed by atoms with E-state index in [1.165, 1.54) is 5.56 Å². The maximum Gasteiger partial charge on any atom is 0.238 e. The summed E-state index contributed by atoms with van der Waals surface area (Å²) in [7, 11) is 1.77. The Labute approximate surface area is 127 Å². The molecule has 0 aliphatic rings. The lowest BCUT2D eigenvalue weighted by molar-refractivity contribution is 0.458. The van der Waals surface area contributed by atoms with Crippen LogP contribution in [0.5, 0.6) is 11.6 Å². The quantitative estimate of drug-likeness (QED) is 0.904. The van der Waals surface area contributed by atoms with E-state index in [-0.39, 0.29) is 5.41 Å². The van der Waals surface area contributed by atoms with Gasteiger partial charge in [-0.05, 0) is 39.0 Å². The number of ether oxygens (including phenoxy) is 1. The van der Waals surface area contributed by atoms with Crippen LogP contribution < -0.4 is 10.1 Å². The van der Waals surface area contributed by atoms with Crippen LogP contribution >= 0.6 is 15.9 Å². The first-order chi connectivity index (χ1) is 9.40. The molecule has 2 aromatic rings. The fraction of sp³-hybridized carbons (Fsp3) is 0.333. The Hall–Kier alpha value is -1.62. The SMILES string of the molecule is CNc1ncc(Br)c(Oc2ccc(C(C)(C)C)cc2)n1. The van der Waals surface area contributed by atoms with E-state index >= 15 is 0 Å². The van der Waals surface area contributed by atoms with Gasteiger partial charge < -0.3 is 10.1 Å². The van der Waals surface area contributed by atoms with Crippen LogP contribution in [0.4, 0.5) is 5.95 Å². The lowest BCUT2D eigenvalue weighted by atomic mass is 9.87. The fourth-order valence-electron chi connectivity index (χ4n) is 1.68. The van der Waals surface area contributed by atoms with Crippen molar-refractivity contribution in [2.24, 2.45) is 0 Å². The van der Waals surface area contributed by atoms with Gasteiger partial charge in [0.25, 0.3) is 0 Å². The summed E-state index contributed by atoms with van der Waals surface area (Å²) in [6.45, 7) is 6.55. The number of halogens is 1. The van der Waals surface area contributed by atoms with Crippen molar-refractivity contribution in [2.45, 2.75) is 26.2 Å². The molecule has 4 nitrogen and oxygen atoms in total. The average molecular weight is 336 g/mol. The first-order valence-corrected chi connectivity index (χ1v) is 7.18. The van der Waals surface area contributed by atoms with Gasteiger partial charge in [0.2, 0.25) is 11.8 Å². The molecular weight excluding hydrogens is 318 g/mol. The molecule has 20 heavy (non-hydrogen) atoms. The third-order valence-electron chi connectivity index (χ3n) is 2.87. The van der Waals surface area contributed by atoms with Crippen molar-refractivity contribution < 1.29 is 4.74 Å². The topological polar surface area (TPSA) is 47.0 Å². The first-order valence-electron chi connectivity index (χ1n) is 6.39. The normalized spacial score (nSPS) is 11.2. The fourth-order valence-corrected chi connectivity index (χ4v) is 1.95. The Kier molecular flexibility index (Phi) is 4.28. The molecule has 0 radical (unpaired) electrons. The van der Waals surface area contributed by atoms with E-state index in [0.29, 0.717) is 11.8 Å². The number of benzene rings is 1. The molecule has 2 rings (SSSR count). The third kappa shape index (κ3) is 3.48. The van der Waals surface area contributed by atoms with Crippen LogP contribution in [0.3, 0.4) is 0 Å². The summed E-state index contributed by atoms with van der Waals surface area (Å²) < 4.78 is 6.50. The highest BCUT2D eigenvalue weighted by Crippen LogP contribution is 2.29. The van der Waals surface area contributed by atoms with Gasteiger partial charge in [-0.15, -0.1) is 0 Å². The molecule has 5 heteroatoms. The van der Waals surface area contributed by atoms with E-state index in [1.54, 1.807) is 13.2 Å². The van der Waals surface area contributed by atoms with Crippen LogP contribution in [0.15, 0.2) is 34.9 Å². The van der Waals surface area contributed by atoms with E-state index in [9.17, 15) is 0 Å². The van der Waals surface area contributed by atoms with Gasteiger partial charge in [-0.3, -0.25) is 0 Å². The summed E-state index contributed by atoms with van der Waals surface area (Å²) in [5.74, 6) is 1.77. The van der Waals surface area contributed by atoms with Crippen molar-refractivity contribution in [3.05, 3.63) is 40.5 Å². The zero-order valence-corrected chi connectivity index (χ0v) is 13.7. The molecule has 0 fully saturated rings. The summed E-state index contributed by atoms with van der Waals surface area (Å²) in [5.41, 5.74) is 1.40. The molecule has 0 saturated heterocycles. The number of anilines is 1. The summed E-state index contributed by atoms with van der Waals surface area (Å²) in [6.07, 6.45) is 1.66. The van der Waals surface area contributed by atoms with Crippen LogP contribution in [0.2, 0.25) is 0 Å². The highest BCUT2D eigenvalue weighted by atomic mass is 79.9. The molecule has 1 aromatic heterocycles. The minimum absolute atomic E-state index is 0.132. The van der Waals surface area contributed by atoms with Gasteiger partial charge in [-0.25, -0.2) is 4.98 Å². The number of rotatable bonds is 3. The average Bonchev–Trinajstić information content (AvgIpc) is 2.41. The van der Waals surface area contributed by atoms with E-state index in [0.717, 1.165) is 10.2 Å². The molecule has 1 heterocycles. The van der Waals surface area contributed by atoms with Crippen molar-refractivity contribution in [2.75, 3.05) is 12.4 Å². The Balaban J connectivity index is 2.22. The lowest BCUT2D eigenvalue weighted by Gasteiger charge is -2.19. The van der Waals surface area contributed by atoms with Crippen molar-refractivity contribution in [1.82, 2.24) is 9.97 Å². The zero-order valence-electron chi connectivity index (χ0n) is 12.1. The van der Waals surface area contributed by atoms with Crippen molar-refractivity contribution in [3.8, 4) is 11.6 Å². The molecule has 0 bridgehead atoms. The Morgan fingerprint density at radius 3 is 2.35 bits per heavy atom. The predicted octanol–water partition coefficient (Wildman–Crippen LogP) is 4.37. The first kappa shape index (κ1) is 14.8. The Morgan fingerprint density at radius 2 is 1.80 bits per heavy atom. The third-order valence-corrected chi connectivity index (χ3v) is 3.41. The van der Waals surface area contributed by atoms with Gasteiger partial charge in [0, 0.05) is 7.05 Å². The molecule has 1 N–H and O–H groups in total. The molecule has 0 amide bonds. The maximum atomic E-state index is 5.78.